The average Bonchev–Trinajstić information content (AvgIpc) is 3.01. The van der Waals surface area contributed by atoms with Gasteiger partial charge in [-0.3, -0.25) is 18.8 Å². The molecule has 1 aliphatic heterocycles. The van der Waals surface area contributed by atoms with Crippen molar-refractivity contribution in [1.29, 1.82) is 5.26 Å². The summed E-state index contributed by atoms with van der Waals surface area (Å²) in [6, 6.07) is 8.57. The molecule has 160 valence electrons. The van der Waals surface area contributed by atoms with Crippen molar-refractivity contribution in [3.63, 3.8) is 0 Å². The van der Waals surface area contributed by atoms with Crippen molar-refractivity contribution in [2.75, 3.05) is 6.54 Å². The summed E-state index contributed by atoms with van der Waals surface area (Å²) in [7, 11) is 0. The second-order valence-electron chi connectivity index (χ2n) is 8.64. The zero-order chi connectivity index (χ0) is 20.9. The fourth-order valence-corrected chi connectivity index (χ4v) is 5.41. The van der Waals surface area contributed by atoms with Gasteiger partial charge in [-0.2, -0.15) is 5.26 Å². The number of fused-ring (bicyclic) bond motifs is 1. The Balaban J connectivity index is 1.83. The first-order valence-corrected chi connectivity index (χ1v) is 11.4. The number of amides is 1. The summed E-state index contributed by atoms with van der Waals surface area (Å²) in [6.45, 7) is 1.09. The molecule has 1 aliphatic carbocycles. The topological polar surface area (TPSA) is 92.3 Å². The molecule has 1 saturated carbocycles. The summed E-state index contributed by atoms with van der Waals surface area (Å²) < 4.78 is 3.99. The van der Waals surface area contributed by atoms with Crippen LogP contribution in [0.5, 0.6) is 0 Å². The molecule has 4 rings (SSSR count). The molecule has 1 atom stereocenters. The van der Waals surface area contributed by atoms with Crippen LogP contribution >= 0.6 is 0 Å². The molecule has 7 nitrogen and oxygen atoms in total. The summed E-state index contributed by atoms with van der Waals surface area (Å²) in [6.07, 6.45) is 14.6. The molecule has 2 aromatic rings. The number of benzene rings is 1. The SMILES string of the molecule is N#CN=c1n(CC(N)=O)c2ccccc2n1C1CCCCN1C1CCCCCCC1. The zero-order valence-electron chi connectivity index (χ0n) is 17.7. The van der Waals surface area contributed by atoms with Crippen molar-refractivity contribution in [2.24, 2.45) is 10.7 Å². The average molecular weight is 409 g/mol. The van der Waals surface area contributed by atoms with Gasteiger partial charge in [0.15, 0.2) is 0 Å². The van der Waals surface area contributed by atoms with Gasteiger partial charge in [0.1, 0.15) is 6.54 Å². The van der Waals surface area contributed by atoms with E-state index in [0.717, 1.165) is 30.4 Å². The van der Waals surface area contributed by atoms with Gasteiger partial charge >= 0.3 is 0 Å². The predicted molar refractivity (Wildman–Crippen MR) is 116 cm³/mol. The van der Waals surface area contributed by atoms with Gasteiger partial charge in [-0.15, -0.1) is 4.99 Å². The molecule has 2 fully saturated rings. The highest BCUT2D eigenvalue weighted by Crippen LogP contribution is 2.34. The molecule has 1 saturated heterocycles. The number of aromatic nitrogens is 2. The van der Waals surface area contributed by atoms with Gasteiger partial charge < -0.3 is 5.73 Å². The van der Waals surface area contributed by atoms with E-state index in [-0.39, 0.29) is 12.7 Å². The number of carbonyl (C=O) groups excluding carboxylic acids is 1. The van der Waals surface area contributed by atoms with Crippen LogP contribution < -0.4 is 11.4 Å². The summed E-state index contributed by atoms with van der Waals surface area (Å²) in [5.41, 5.74) is 7.98. The van der Waals surface area contributed by atoms with Gasteiger partial charge in [0.2, 0.25) is 17.7 Å². The Morgan fingerprint density at radius 2 is 1.70 bits per heavy atom. The molecule has 2 aliphatic rings. The maximum absolute atomic E-state index is 11.8. The lowest BCUT2D eigenvalue weighted by Crippen LogP contribution is -2.47. The van der Waals surface area contributed by atoms with Crippen LogP contribution in [-0.2, 0) is 11.3 Å². The van der Waals surface area contributed by atoms with Gasteiger partial charge in [-0.25, -0.2) is 0 Å². The fourth-order valence-electron chi connectivity index (χ4n) is 5.41. The first kappa shape index (κ1) is 20.7. The Hall–Kier alpha value is -2.59. The number of nitrogens with two attached hydrogens (primary N) is 1. The Bertz CT molecular complexity index is 989. The van der Waals surface area contributed by atoms with Crippen LogP contribution in [0.15, 0.2) is 29.3 Å². The number of carbonyl (C=O) groups is 1. The highest BCUT2D eigenvalue weighted by atomic mass is 16.1. The number of hydrogen-bond donors (Lipinski definition) is 1. The smallest absolute Gasteiger partial charge is 0.237 e. The number of rotatable bonds is 4. The van der Waals surface area contributed by atoms with Gasteiger partial charge in [0, 0.05) is 12.6 Å². The van der Waals surface area contributed by atoms with Crippen LogP contribution in [0, 0.1) is 11.5 Å². The van der Waals surface area contributed by atoms with Crippen LogP contribution in [-0.4, -0.2) is 32.5 Å². The molecule has 2 N–H and O–H groups in total. The summed E-state index contributed by atoms with van der Waals surface area (Å²) >= 11 is 0. The number of nitriles is 1. The predicted octanol–water partition coefficient (Wildman–Crippen LogP) is 3.41. The van der Waals surface area contributed by atoms with Crippen molar-refractivity contribution >= 4 is 16.9 Å². The molecule has 30 heavy (non-hydrogen) atoms. The minimum atomic E-state index is -0.433. The Morgan fingerprint density at radius 3 is 2.40 bits per heavy atom. The van der Waals surface area contributed by atoms with Crippen LogP contribution in [0.1, 0.15) is 70.4 Å². The molecular weight excluding hydrogens is 376 g/mol. The van der Waals surface area contributed by atoms with Gasteiger partial charge in [0.05, 0.1) is 17.2 Å². The minimum absolute atomic E-state index is 0.0180. The third-order valence-corrected chi connectivity index (χ3v) is 6.71. The van der Waals surface area contributed by atoms with E-state index in [1.54, 1.807) is 4.57 Å². The molecular formula is C23H32N6O. The van der Waals surface area contributed by atoms with Crippen molar-refractivity contribution in [1.82, 2.24) is 14.0 Å². The molecule has 0 radical (unpaired) electrons. The molecule has 1 unspecified atom stereocenters. The monoisotopic (exact) mass is 408 g/mol. The molecule has 0 spiro atoms. The standard InChI is InChI=1S/C23H32N6O/c24-17-26-23-28(16-21(25)30)19-12-6-7-13-20(19)29(23)22-14-8-9-15-27(22)18-10-4-2-1-3-5-11-18/h6-7,12-13,18,22H,1-5,8-11,14-16H2,(H2,25,30). The number of primary amides is 1. The van der Waals surface area contributed by atoms with Crippen molar-refractivity contribution in [3.8, 4) is 6.19 Å². The normalized spacial score (nSPS) is 22.5. The van der Waals surface area contributed by atoms with E-state index in [1.807, 2.05) is 24.4 Å². The maximum Gasteiger partial charge on any atom is 0.237 e. The summed E-state index contributed by atoms with van der Waals surface area (Å²) in [5, 5.41) is 9.44. The number of hydrogen-bond acceptors (Lipinski definition) is 4. The second-order valence-corrected chi connectivity index (χ2v) is 8.64. The van der Waals surface area contributed by atoms with Crippen LogP contribution in [0.25, 0.3) is 11.0 Å². The van der Waals surface area contributed by atoms with E-state index < -0.39 is 5.91 Å². The molecule has 1 amide bonds. The number of imidazole rings is 1. The Morgan fingerprint density at radius 1 is 1.03 bits per heavy atom. The van der Waals surface area contributed by atoms with E-state index in [0.29, 0.717) is 11.7 Å². The molecule has 1 aromatic heterocycles. The molecule has 0 bridgehead atoms. The van der Waals surface area contributed by atoms with Gasteiger partial charge in [-0.05, 0) is 44.2 Å². The first-order chi connectivity index (χ1) is 14.7. The lowest BCUT2D eigenvalue weighted by atomic mass is 9.93. The first-order valence-electron chi connectivity index (χ1n) is 11.4. The van der Waals surface area contributed by atoms with E-state index in [2.05, 4.69) is 20.5 Å². The van der Waals surface area contributed by atoms with E-state index in [1.165, 1.54) is 51.4 Å². The van der Waals surface area contributed by atoms with E-state index in [9.17, 15) is 10.1 Å². The quantitative estimate of drug-likeness (QED) is 0.786. The highest BCUT2D eigenvalue weighted by Gasteiger charge is 2.32. The molecule has 7 heteroatoms. The largest absolute Gasteiger partial charge is 0.368 e. The third kappa shape index (κ3) is 4.15. The Labute approximate surface area is 177 Å². The third-order valence-electron chi connectivity index (χ3n) is 6.71. The van der Waals surface area contributed by atoms with Gasteiger partial charge in [-0.1, -0.05) is 44.2 Å². The van der Waals surface area contributed by atoms with Crippen molar-refractivity contribution < 1.29 is 4.79 Å². The number of para-hydroxylation sites is 2. The molecule has 1 aromatic carbocycles. The Kier molecular flexibility index (Phi) is 6.53. The zero-order valence-corrected chi connectivity index (χ0v) is 17.7. The van der Waals surface area contributed by atoms with E-state index in [4.69, 9.17) is 5.73 Å². The van der Waals surface area contributed by atoms with Crippen molar-refractivity contribution in [2.45, 2.75) is 83.0 Å². The number of piperidine rings is 1. The van der Waals surface area contributed by atoms with E-state index >= 15 is 0 Å². The lowest BCUT2D eigenvalue weighted by Gasteiger charge is -2.42. The molecule has 2 heterocycles. The maximum atomic E-state index is 11.8. The number of nitrogens with zero attached hydrogens (tertiary/aromatic N) is 5. The highest BCUT2D eigenvalue weighted by molar-refractivity contribution is 5.80. The summed E-state index contributed by atoms with van der Waals surface area (Å²) in [4.78, 5) is 18.6. The summed E-state index contributed by atoms with van der Waals surface area (Å²) in [5.74, 6) is -0.433. The fraction of sp³-hybridized carbons (Fsp3) is 0.609. The van der Waals surface area contributed by atoms with Crippen molar-refractivity contribution in [3.05, 3.63) is 29.9 Å². The lowest BCUT2D eigenvalue weighted by molar-refractivity contribution is -0.118. The van der Waals surface area contributed by atoms with Crippen LogP contribution in [0.4, 0.5) is 0 Å². The van der Waals surface area contributed by atoms with Gasteiger partial charge in [0.25, 0.3) is 0 Å². The van der Waals surface area contributed by atoms with Crippen LogP contribution in [0.3, 0.4) is 0 Å². The minimum Gasteiger partial charge on any atom is -0.368 e. The number of likely N-dealkylation sites (tertiary alicyclic amines) is 1. The second kappa shape index (κ2) is 9.48. The van der Waals surface area contributed by atoms with Crippen LogP contribution in [0.2, 0.25) is 0 Å².